The number of fused-ring (bicyclic) bond motifs is 1. The van der Waals surface area contributed by atoms with E-state index in [1.54, 1.807) is 0 Å². The standard InChI is InChI=1S/C23H40N4O/c1-3-5-7-12-22-23(25-21-11-9-8-10-20(21)24-22)28-19-18-27-16-14-26(15-17-27)13-6-4-2/h3-19H2,1-2H3. The van der Waals surface area contributed by atoms with Crippen LogP contribution in [0.2, 0.25) is 0 Å². The highest BCUT2D eigenvalue weighted by Gasteiger charge is 2.19. The fraction of sp³-hybridized carbons (Fsp3) is 0.826. The maximum atomic E-state index is 6.20. The molecule has 1 aliphatic carbocycles. The molecule has 0 unspecified atom stereocenters. The first-order valence-corrected chi connectivity index (χ1v) is 11.8. The molecular formula is C23H40N4O. The molecule has 0 N–H and O–H groups in total. The van der Waals surface area contributed by atoms with E-state index in [1.165, 1.54) is 76.0 Å². The SMILES string of the molecule is CCCCCc1nc2c(nc1OCCN1CCN(CCCC)CC1)CCCC2. The molecule has 1 aliphatic heterocycles. The van der Waals surface area contributed by atoms with Crippen molar-refractivity contribution < 1.29 is 4.74 Å². The molecule has 0 atom stereocenters. The second kappa shape index (κ2) is 11.7. The largest absolute Gasteiger partial charge is 0.475 e. The molecule has 0 saturated carbocycles. The minimum Gasteiger partial charge on any atom is -0.475 e. The van der Waals surface area contributed by atoms with Crippen LogP contribution in [-0.4, -0.2) is 65.6 Å². The Bertz CT molecular complexity index is 584. The second-order valence-electron chi connectivity index (χ2n) is 8.42. The van der Waals surface area contributed by atoms with E-state index in [0.29, 0.717) is 0 Å². The van der Waals surface area contributed by atoms with Gasteiger partial charge >= 0.3 is 0 Å². The van der Waals surface area contributed by atoms with Crippen molar-refractivity contribution in [1.29, 1.82) is 0 Å². The highest BCUT2D eigenvalue weighted by molar-refractivity contribution is 5.27. The lowest BCUT2D eigenvalue weighted by Gasteiger charge is -2.34. The van der Waals surface area contributed by atoms with Crippen LogP contribution in [0, 0.1) is 0 Å². The van der Waals surface area contributed by atoms with Gasteiger partial charge in [-0.05, 0) is 51.5 Å². The lowest BCUT2D eigenvalue weighted by Crippen LogP contribution is -2.47. The summed E-state index contributed by atoms with van der Waals surface area (Å²) in [5.74, 6) is 0.818. The quantitative estimate of drug-likeness (QED) is 0.538. The van der Waals surface area contributed by atoms with Crippen LogP contribution in [0.15, 0.2) is 0 Å². The maximum absolute atomic E-state index is 6.20. The zero-order valence-corrected chi connectivity index (χ0v) is 18.2. The van der Waals surface area contributed by atoms with Crippen LogP contribution in [0.3, 0.4) is 0 Å². The Kier molecular flexibility index (Phi) is 9.00. The molecule has 0 spiro atoms. The van der Waals surface area contributed by atoms with Crippen molar-refractivity contribution >= 4 is 0 Å². The smallest absolute Gasteiger partial charge is 0.235 e. The number of nitrogens with zero attached hydrogens (tertiary/aromatic N) is 4. The predicted octanol–water partition coefficient (Wildman–Crippen LogP) is 3.88. The molecule has 5 nitrogen and oxygen atoms in total. The molecule has 3 rings (SSSR count). The average molecular weight is 389 g/mol. The Morgan fingerprint density at radius 2 is 1.43 bits per heavy atom. The minimum absolute atomic E-state index is 0.725. The normalized spacial score (nSPS) is 18.2. The van der Waals surface area contributed by atoms with E-state index in [2.05, 4.69) is 23.6 Å². The number of ether oxygens (including phenoxy) is 1. The van der Waals surface area contributed by atoms with Crippen molar-refractivity contribution in [1.82, 2.24) is 19.8 Å². The molecule has 2 aliphatic rings. The Hall–Kier alpha value is -1.20. The van der Waals surface area contributed by atoms with Gasteiger partial charge in [-0.25, -0.2) is 4.98 Å². The average Bonchev–Trinajstić information content (AvgIpc) is 2.73. The van der Waals surface area contributed by atoms with E-state index in [0.717, 1.165) is 57.1 Å². The van der Waals surface area contributed by atoms with E-state index in [-0.39, 0.29) is 0 Å². The molecule has 5 heteroatoms. The van der Waals surface area contributed by atoms with Gasteiger partial charge in [0.2, 0.25) is 5.88 Å². The van der Waals surface area contributed by atoms with E-state index in [4.69, 9.17) is 14.7 Å². The summed E-state index contributed by atoms with van der Waals surface area (Å²) >= 11 is 0. The van der Waals surface area contributed by atoms with Crippen LogP contribution < -0.4 is 4.74 Å². The number of rotatable bonds is 11. The fourth-order valence-corrected chi connectivity index (χ4v) is 4.22. The molecule has 0 radical (unpaired) electrons. The second-order valence-corrected chi connectivity index (χ2v) is 8.42. The van der Waals surface area contributed by atoms with Crippen molar-refractivity contribution in [2.24, 2.45) is 0 Å². The van der Waals surface area contributed by atoms with Crippen LogP contribution in [0.5, 0.6) is 5.88 Å². The molecule has 0 bridgehead atoms. The summed E-state index contributed by atoms with van der Waals surface area (Å²) in [4.78, 5) is 15.0. The zero-order chi connectivity index (χ0) is 19.6. The molecular weight excluding hydrogens is 348 g/mol. The van der Waals surface area contributed by atoms with Gasteiger partial charge < -0.3 is 9.64 Å². The van der Waals surface area contributed by atoms with Gasteiger partial charge in [0, 0.05) is 32.7 Å². The van der Waals surface area contributed by atoms with Gasteiger partial charge in [-0.3, -0.25) is 9.88 Å². The Balaban J connectivity index is 1.50. The molecule has 0 aromatic carbocycles. The number of aryl methyl sites for hydroxylation is 3. The Labute approximate surface area is 171 Å². The maximum Gasteiger partial charge on any atom is 0.235 e. The number of hydrogen-bond acceptors (Lipinski definition) is 5. The molecule has 1 aromatic rings. The number of piperazine rings is 1. The molecule has 0 amide bonds. The zero-order valence-electron chi connectivity index (χ0n) is 18.2. The Morgan fingerprint density at radius 3 is 2.11 bits per heavy atom. The number of aromatic nitrogens is 2. The highest BCUT2D eigenvalue weighted by atomic mass is 16.5. The van der Waals surface area contributed by atoms with Crippen molar-refractivity contribution in [3.8, 4) is 5.88 Å². The lowest BCUT2D eigenvalue weighted by atomic mass is 10.00. The Morgan fingerprint density at radius 1 is 0.786 bits per heavy atom. The molecule has 158 valence electrons. The van der Waals surface area contributed by atoms with E-state index in [9.17, 15) is 0 Å². The summed E-state index contributed by atoms with van der Waals surface area (Å²) in [5, 5.41) is 0. The summed E-state index contributed by atoms with van der Waals surface area (Å²) in [6.07, 6.45) is 11.9. The third-order valence-electron chi connectivity index (χ3n) is 6.12. The predicted molar refractivity (Wildman–Crippen MR) is 115 cm³/mol. The van der Waals surface area contributed by atoms with Crippen molar-refractivity contribution in [3.05, 3.63) is 17.1 Å². The van der Waals surface area contributed by atoms with Crippen LogP contribution in [0.25, 0.3) is 0 Å². The van der Waals surface area contributed by atoms with Crippen LogP contribution in [0.1, 0.15) is 75.9 Å². The van der Waals surface area contributed by atoms with E-state index < -0.39 is 0 Å². The van der Waals surface area contributed by atoms with Gasteiger partial charge in [0.15, 0.2) is 0 Å². The number of unbranched alkanes of at least 4 members (excludes halogenated alkanes) is 3. The summed E-state index contributed by atoms with van der Waals surface area (Å²) in [6.45, 7) is 12.2. The molecule has 1 aromatic heterocycles. The molecule has 1 fully saturated rings. The van der Waals surface area contributed by atoms with E-state index in [1.807, 2.05) is 0 Å². The number of hydrogen-bond donors (Lipinski definition) is 0. The summed E-state index contributed by atoms with van der Waals surface area (Å²) in [7, 11) is 0. The summed E-state index contributed by atoms with van der Waals surface area (Å²) in [5.41, 5.74) is 3.51. The first kappa shape index (κ1) is 21.5. The topological polar surface area (TPSA) is 41.5 Å². The molecule has 2 heterocycles. The van der Waals surface area contributed by atoms with Gasteiger partial charge in [0.25, 0.3) is 0 Å². The lowest BCUT2D eigenvalue weighted by molar-refractivity contribution is 0.114. The van der Waals surface area contributed by atoms with Gasteiger partial charge in [-0.1, -0.05) is 33.1 Å². The fourth-order valence-electron chi connectivity index (χ4n) is 4.22. The van der Waals surface area contributed by atoms with Crippen molar-refractivity contribution in [2.75, 3.05) is 45.9 Å². The first-order valence-electron chi connectivity index (χ1n) is 11.8. The first-order chi connectivity index (χ1) is 13.8. The van der Waals surface area contributed by atoms with E-state index >= 15 is 0 Å². The van der Waals surface area contributed by atoms with Crippen LogP contribution >= 0.6 is 0 Å². The monoisotopic (exact) mass is 388 g/mol. The van der Waals surface area contributed by atoms with Crippen molar-refractivity contribution in [3.63, 3.8) is 0 Å². The summed E-state index contributed by atoms with van der Waals surface area (Å²) < 4.78 is 6.20. The van der Waals surface area contributed by atoms with Gasteiger partial charge in [0.1, 0.15) is 12.3 Å². The van der Waals surface area contributed by atoms with Crippen molar-refractivity contribution in [2.45, 2.75) is 78.1 Å². The third kappa shape index (κ3) is 6.41. The minimum atomic E-state index is 0.725. The third-order valence-corrected chi connectivity index (χ3v) is 6.12. The van der Waals surface area contributed by atoms with Crippen LogP contribution in [0.4, 0.5) is 0 Å². The molecule has 1 saturated heterocycles. The van der Waals surface area contributed by atoms with Gasteiger partial charge in [-0.2, -0.15) is 0 Å². The highest BCUT2D eigenvalue weighted by Crippen LogP contribution is 2.24. The van der Waals surface area contributed by atoms with Crippen LogP contribution in [-0.2, 0) is 19.3 Å². The summed E-state index contributed by atoms with van der Waals surface area (Å²) in [6, 6.07) is 0. The van der Waals surface area contributed by atoms with Gasteiger partial charge in [0.05, 0.1) is 11.4 Å². The molecule has 28 heavy (non-hydrogen) atoms. The van der Waals surface area contributed by atoms with Gasteiger partial charge in [-0.15, -0.1) is 0 Å².